The van der Waals surface area contributed by atoms with Crippen LogP contribution in [0.3, 0.4) is 0 Å². The number of aromatic nitrogens is 3. The third-order valence-corrected chi connectivity index (χ3v) is 14.2. The molecule has 0 radical (unpaired) electrons. The van der Waals surface area contributed by atoms with E-state index in [0.717, 1.165) is 55.9 Å². The molecule has 13 aromatic rings. The van der Waals surface area contributed by atoms with Crippen LogP contribution in [0, 0.1) is 0 Å². The maximum absolute atomic E-state index is 5.54. The molecule has 0 atom stereocenters. The number of aliphatic imine (C=N–C) groups is 2. The van der Waals surface area contributed by atoms with Gasteiger partial charge in [-0.2, -0.15) is 0 Å². The molecule has 0 spiro atoms. The van der Waals surface area contributed by atoms with Gasteiger partial charge in [0.1, 0.15) is 6.67 Å². The zero-order valence-corrected chi connectivity index (χ0v) is 37.0. The van der Waals surface area contributed by atoms with Crippen LogP contribution in [-0.2, 0) is 6.67 Å². The molecular formula is C63H41N5. The van der Waals surface area contributed by atoms with Crippen molar-refractivity contribution >= 4 is 116 Å². The van der Waals surface area contributed by atoms with Crippen LogP contribution in [0.25, 0.3) is 115 Å². The zero-order valence-electron chi connectivity index (χ0n) is 37.0. The number of benzene rings is 10. The summed E-state index contributed by atoms with van der Waals surface area (Å²) in [6.07, 6.45) is 8.37. The van der Waals surface area contributed by atoms with Gasteiger partial charge in [0.15, 0.2) is 0 Å². The van der Waals surface area contributed by atoms with E-state index in [4.69, 9.17) is 9.98 Å². The smallest absolute Gasteiger partial charge is 0.115 e. The molecule has 14 rings (SSSR count). The topological polar surface area (TPSA) is 39.5 Å². The van der Waals surface area contributed by atoms with E-state index in [-0.39, 0.29) is 0 Å². The van der Waals surface area contributed by atoms with E-state index in [1.54, 1.807) is 0 Å². The van der Waals surface area contributed by atoms with E-state index in [1.807, 2.05) is 0 Å². The predicted octanol–water partition coefficient (Wildman–Crippen LogP) is 16.1. The van der Waals surface area contributed by atoms with E-state index in [9.17, 15) is 0 Å². The average molecular weight is 868 g/mol. The van der Waals surface area contributed by atoms with Gasteiger partial charge in [-0.1, -0.05) is 164 Å². The Kier molecular flexibility index (Phi) is 8.43. The quantitative estimate of drug-likeness (QED) is 0.118. The van der Waals surface area contributed by atoms with Gasteiger partial charge in [0, 0.05) is 71.0 Å². The van der Waals surface area contributed by atoms with Crippen molar-refractivity contribution in [3.63, 3.8) is 0 Å². The lowest BCUT2D eigenvalue weighted by Crippen LogP contribution is -2.06. The number of nitrogens with zero attached hydrogens (tertiary/aromatic N) is 5. The first-order valence-electron chi connectivity index (χ1n) is 23.2. The highest BCUT2D eigenvalue weighted by atomic mass is 15.1. The number of hydrogen-bond donors (Lipinski definition) is 0. The number of hydrogen-bond acceptors (Lipinski definition) is 2. The average Bonchev–Trinajstić information content (AvgIpc) is 4.05. The third kappa shape index (κ3) is 5.44. The van der Waals surface area contributed by atoms with Crippen LogP contribution in [0.15, 0.2) is 240 Å². The van der Waals surface area contributed by atoms with Crippen molar-refractivity contribution in [3.05, 3.63) is 236 Å². The van der Waals surface area contributed by atoms with Gasteiger partial charge >= 0.3 is 0 Å². The summed E-state index contributed by atoms with van der Waals surface area (Å²) in [7, 11) is 0. The Morgan fingerprint density at radius 1 is 0.397 bits per heavy atom. The third-order valence-electron chi connectivity index (χ3n) is 14.2. The fourth-order valence-corrected chi connectivity index (χ4v) is 11.4. The number of para-hydroxylation sites is 5. The Balaban J connectivity index is 1.03. The summed E-state index contributed by atoms with van der Waals surface area (Å²) >= 11 is 0. The van der Waals surface area contributed by atoms with Crippen LogP contribution in [0.5, 0.6) is 0 Å². The minimum absolute atomic E-state index is 0.396. The fourth-order valence-electron chi connectivity index (χ4n) is 11.4. The zero-order chi connectivity index (χ0) is 44.9. The second-order valence-corrected chi connectivity index (χ2v) is 17.7. The lowest BCUT2D eigenvalue weighted by atomic mass is 9.89. The molecule has 1 aliphatic carbocycles. The van der Waals surface area contributed by atoms with Crippen molar-refractivity contribution < 1.29 is 0 Å². The fraction of sp³-hybridized carbons (Fsp3) is 0.0159. The van der Waals surface area contributed by atoms with Gasteiger partial charge in [-0.15, -0.1) is 0 Å². The summed E-state index contributed by atoms with van der Waals surface area (Å²) in [4.78, 5) is 10.3. The van der Waals surface area contributed by atoms with Crippen LogP contribution in [0.1, 0.15) is 5.56 Å². The molecule has 0 N–H and O–H groups in total. The Morgan fingerprint density at radius 2 is 0.897 bits per heavy atom. The van der Waals surface area contributed by atoms with Gasteiger partial charge in [-0.3, -0.25) is 9.98 Å². The highest BCUT2D eigenvalue weighted by molar-refractivity contribution is 6.45. The molecule has 3 heterocycles. The lowest BCUT2D eigenvalue weighted by Gasteiger charge is -2.16. The second-order valence-electron chi connectivity index (χ2n) is 17.7. The van der Waals surface area contributed by atoms with E-state index in [2.05, 4.69) is 245 Å². The summed E-state index contributed by atoms with van der Waals surface area (Å²) < 4.78 is 7.25. The van der Waals surface area contributed by atoms with Crippen molar-refractivity contribution in [2.24, 2.45) is 9.98 Å². The minimum Gasteiger partial charge on any atom is -0.320 e. The first kappa shape index (κ1) is 38.2. The predicted molar refractivity (Wildman–Crippen MR) is 289 cm³/mol. The van der Waals surface area contributed by atoms with E-state index >= 15 is 0 Å². The number of fused-ring (bicyclic) bond motifs is 18. The molecule has 5 nitrogen and oxygen atoms in total. The summed E-state index contributed by atoms with van der Waals surface area (Å²) in [6.45, 7) is 4.55. The molecule has 0 fully saturated rings. The Labute approximate surface area is 391 Å². The van der Waals surface area contributed by atoms with E-state index in [0.29, 0.717) is 6.67 Å². The maximum atomic E-state index is 5.54. The summed E-state index contributed by atoms with van der Waals surface area (Å²) in [5, 5.41) is 14.7. The van der Waals surface area contributed by atoms with E-state index in [1.165, 1.54) is 75.8 Å². The van der Waals surface area contributed by atoms with Gasteiger partial charge in [-0.25, -0.2) is 0 Å². The Morgan fingerprint density at radius 3 is 1.57 bits per heavy atom. The van der Waals surface area contributed by atoms with Crippen molar-refractivity contribution in [2.45, 2.75) is 6.67 Å². The van der Waals surface area contributed by atoms with E-state index < -0.39 is 0 Å². The molecule has 1 aliphatic rings. The van der Waals surface area contributed by atoms with Gasteiger partial charge in [0.2, 0.25) is 0 Å². The van der Waals surface area contributed by atoms with Crippen LogP contribution in [0.4, 0.5) is 0 Å². The molecule has 68 heavy (non-hydrogen) atoms. The van der Waals surface area contributed by atoms with Gasteiger partial charge in [0.25, 0.3) is 0 Å². The molecule has 3 aromatic heterocycles. The second kappa shape index (κ2) is 15.0. The molecule has 0 amide bonds. The van der Waals surface area contributed by atoms with Gasteiger partial charge in [-0.05, 0) is 83.5 Å². The summed E-state index contributed by atoms with van der Waals surface area (Å²) in [5.74, 6) is 0. The highest BCUT2D eigenvalue weighted by Crippen LogP contribution is 2.50. The van der Waals surface area contributed by atoms with Crippen molar-refractivity contribution in [1.29, 1.82) is 0 Å². The number of rotatable bonds is 6. The van der Waals surface area contributed by atoms with Crippen molar-refractivity contribution in [2.75, 3.05) is 0 Å². The Bertz CT molecular complexity index is 4400. The van der Waals surface area contributed by atoms with Crippen LogP contribution in [0.2, 0.25) is 0 Å². The molecule has 318 valence electrons. The van der Waals surface area contributed by atoms with Crippen molar-refractivity contribution in [1.82, 2.24) is 13.7 Å². The number of allylic oxidation sites excluding steroid dienone is 5. The first-order chi connectivity index (χ1) is 33.8. The SMILES string of the molecule is C=N/C(=C1/C=CC=C/C1=N/Cn1c2ccccc2c2c3c(c4ccccc4c21)c1ccccc1c1c3c2ccccc2n1-c1ccccc1)c1ccc2c(c1)c1ccccc1n2-c1ccccc1. The first-order valence-corrected chi connectivity index (χ1v) is 23.2. The molecule has 0 aliphatic heterocycles. The molecular weight excluding hydrogens is 827 g/mol. The lowest BCUT2D eigenvalue weighted by molar-refractivity contribution is 0.795. The standard InChI is InChI=1S/C63H41N5/c1-64-61(40-36-37-56-51(38-40)43-24-13-18-34-54(43)67(56)41-20-4-2-5-21-41)48-29-12-16-32-52(48)65-39-66-53-33-17-14-30-49(53)58-60-57(44-25-8-10-27-46(44)62(58)66)45-26-9-11-28-47(45)63-59(60)50-31-15-19-35-55(50)68(63)42-22-6-3-7-23-42/h2-38H,1,39H2/b61-48-,65-52-. The molecule has 0 saturated heterocycles. The molecule has 0 bridgehead atoms. The Hall–Kier alpha value is -9.06. The largest absolute Gasteiger partial charge is 0.320 e. The van der Waals surface area contributed by atoms with Crippen molar-refractivity contribution in [3.8, 4) is 11.4 Å². The summed E-state index contributed by atoms with van der Waals surface area (Å²) in [5.41, 5.74) is 12.9. The highest BCUT2D eigenvalue weighted by Gasteiger charge is 2.26. The van der Waals surface area contributed by atoms with Crippen LogP contribution in [-0.4, -0.2) is 26.1 Å². The molecule has 0 saturated carbocycles. The van der Waals surface area contributed by atoms with Crippen LogP contribution < -0.4 is 0 Å². The molecule has 0 unspecified atom stereocenters. The normalized spacial score (nSPS) is 14.4. The van der Waals surface area contributed by atoms with Gasteiger partial charge < -0.3 is 13.7 Å². The van der Waals surface area contributed by atoms with Crippen LogP contribution >= 0.6 is 0 Å². The monoisotopic (exact) mass is 867 g/mol. The maximum Gasteiger partial charge on any atom is 0.115 e. The molecule has 10 aromatic carbocycles. The summed E-state index contributed by atoms with van der Waals surface area (Å²) in [6, 6.07) is 72.4. The minimum atomic E-state index is 0.396. The van der Waals surface area contributed by atoms with Gasteiger partial charge in [0.05, 0.1) is 44.5 Å². The molecule has 5 heteroatoms.